The monoisotopic (exact) mass is 388 g/mol. The Morgan fingerprint density at radius 3 is 2.96 bits per heavy atom. The Kier molecular flexibility index (Phi) is 6.32. The smallest absolute Gasteiger partial charge is 0.237 e. The van der Waals surface area contributed by atoms with Crippen LogP contribution in [0.2, 0.25) is 0 Å². The van der Waals surface area contributed by atoms with E-state index >= 15 is 0 Å². The lowest BCUT2D eigenvalue weighted by atomic mass is 10.2. The molecule has 3 saturated heterocycles. The van der Waals surface area contributed by atoms with Gasteiger partial charge < -0.3 is 19.7 Å². The predicted octanol–water partition coefficient (Wildman–Crippen LogP) is 1.82. The second-order valence-electron chi connectivity index (χ2n) is 8.10. The Labute approximate surface area is 167 Å². The molecule has 154 valence electrons. The maximum Gasteiger partial charge on any atom is 0.237 e. The lowest BCUT2D eigenvalue weighted by Gasteiger charge is -2.25. The molecule has 28 heavy (non-hydrogen) atoms. The van der Waals surface area contributed by atoms with Crippen LogP contribution in [0.15, 0.2) is 18.3 Å². The van der Waals surface area contributed by atoms with Gasteiger partial charge in [0.25, 0.3) is 0 Å². The zero-order valence-corrected chi connectivity index (χ0v) is 16.8. The van der Waals surface area contributed by atoms with Crippen molar-refractivity contribution < 1.29 is 14.3 Å². The Balaban J connectivity index is 1.28. The fraction of sp³-hybridized carbons (Fsp3) is 0.714. The Hall–Kier alpha value is -1.86. The number of hydrogen-bond acceptors (Lipinski definition) is 6. The van der Waals surface area contributed by atoms with E-state index in [1.165, 1.54) is 12.8 Å². The lowest BCUT2D eigenvalue weighted by Crippen LogP contribution is -2.46. The lowest BCUT2D eigenvalue weighted by molar-refractivity contribution is -0.126. The minimum Gasteiger partial charge on any atom is -0.485 e. The van der Waals surface area contributed by atoms with Gasteiger partial charge in [-0.25, -0.2) is 4.98 Å². The molecule has 1 aromatic heterocycles. The van der Waals surface area contributed by atoms with E-state index in [2.05, 4.69) is 20.1 Å². The van der Waals surface area contributed by atoms with Gasteiger partial charge in [0, 0.05) is 45.5 Å². The van der Waals surface area contributed by atoms with Crippen molar-refractivity contribution in [3.63, 3.8) is 0 Å². The molecule has 0 radical (unpaired) electrons. The van der Waals surface area contributed by atoms with Gasteiger partial charge in [-0.15, -0.1) is 0 Å². The quantitative estimate of drug-likeness (QED) is 0.769. The average molecular weight is 389 g/mol. The fourth-order valence-corrected chi connectivity index (χ4v) is 4.36. The third kappa shape index (κ3) is 4.58. The van der Waals surface area contributed by atoms with Gasteiger partial charge in [0.1, 0.15) is 6.10 Å². The molecule has 7 heteroatoms. The van der Waals surface area contributed by atoms with Crippen LogP contribution < -0.4 is 15.0 Å². The van der Waals surface area contributed by atoms with E-state index in [-0.39, 0.29) is 24.2 Å². The zero-order valence-electron chi connectivity index (χ0n) is 16.8. The van der Waals surface area contributed by atoms with Gasteiger partial charge in [0.15, 0.2) is 11.6 Å². The Bertz CT molecular complexity index is 659. The Morgan fingerprint density at radius 1 is 1.32 bits per heavy atom. The first-order valence-corrected chi connectivity index (χ1v) is 10.7. The molecule has 3 atom stereocenters. The molecule has 0 bridgehead atoms. The van der Waals surface area contributed by atoms with E-state index in [1.54, 1.807) is 0 Å². The first-order chi connectivity index (χ1) is 13.7. The van der Waals surface area contributed by atoms with Crippen LogP contribution in [0.5, 0.6) is 5.75 Å². The number of ether oxygens (including phenoxy) is 2. The first kappa shape index (κ1) is 19.5. The topological polar surface area (TPSA) is 66.9 Å². The summed E-state index contributed by atoms with van der Waals surface area (Å²) in [6.45, 7) is 7.15. The first-order valence-electron chi connectivity index (χ1n) is 10.7. The van der Waals surface area contributed by atoms with Gasteiger partial charge in [-0.3, -0.25) is 9.69 Å². The third-order valence-electron chi connectivity index (χ3n) is 6.08. The number of carbonyl (C=O) groups excluding carboxylic acids is 1. The minimum atomic E-state index is -0.151. The summed E-state index contributed by atoms with van der Waals surface area (Å²) < 4.78 is 11.9. The SMILES string of the molecule is C[C@H](C(=O)NC[C@@H]1CCCO1)N1CC[C@@H](Oc2cccnc2N2CCCC2)C1. The van der Waals surface area contributed by atoms with Crippen LogP contribution in [-0.4, -0.2) is 73.4 Å². The minimum absolute atomic E-state index is 0.0790. The van der Waals surface area contributed by atoms with Crippen molar-refractivity contribution in [1.82, 2.24) is 15.2 Å². The number of pyridine rings is 1. The van der Waals surface area contributed by atoms with Gasteiger partial charge in [-0.2, -0.15) is 0 Å². The maximum atomic E-state index is 12.5. The summed E-state index contributed by atoms with van der Waals surface area (Å²) in [6, 6.07) is 3.80. The van der Waals surface area contributed by atoms with Gasteiger partial charge in [0.05, 0.1) is 12.1 Å². The van der Waals surface area contributed by atoms with Crippen LogP contribution in [0.1, 0.15) is 39.0 Å². The molecule has 0 saturated carbocycles. The number of anilines is 1. The Morgan fingerprint density at radius 2 is 2.18 bits per heavy atom. The molecular formula is C21H32N4O3. The number of nitrogens with one attached hydrogen (secondary N) is 1. The van der Waals surface area contributed by atoms with Crippen molar-refractivity contribution in [2.75, 3.05) is 44.2 Å². The average Bonchev–Trinajstić information content (AvgIpc) is 3.48. The summed E-state index contributed by atoms with van der Waals surface area (Å²) in [7, 11) is 0. The fourth-order valence-electron chi connectivity index (χ4n) is 4.36. The molecule has 1 aromatic rings. The summed E-state index contributed by atoms with van der Waals surface area (Å²) in [5, 5.41) is 3.05. The normalized spacial score (nSPS) is 26.5. The zero-order chi connectivity index (χ0) is 19.3. The van der Waals surface area contributed by atoms with E-state index in [0.717, 1.165) is 63.6 Å². The van der Waals surface area contributed by atoms with E-state index in [9.17, 15) is 4.79 Å². The molecule has 3 aliphatic heterocycles. The highest BCUT2D eigenvalue weighted by molar-refractivity contribution is 5.81. The van der Waals surface area contributed by atoms with E-state index in [4.69, 9.17) is 9.47 Å². The van der Waals surface area contributed by atoms with Crippen molar-refractivity contribution in [3.8, 4) is 5.75 Å². The maximum absolute atomic E-state index is 12.5. The number of hydrogen-bond donors (Lipinski definition) is 1. The summed E-state index contributed by atoms with van der Waals surface area (Å²) in [5.41, 5.74) is 0. The van der Waals surface area contributed by atoms with E-state index < -0.39 is 0 Å². The van der Waals surface area contributed by atoms with E-state index in [1.807, 2.05) is 25.3 Å². The highest BCUT2D eigenvalue weighted by Gasteiger charge is 2.32. The number of amides is 1. The second kappa shape index (κ2) is 9.09. The summed E-state index contributed by atoms with van der Waals surface area (Å²) in [6.07, 6.45) is 7.60. The number of nitrogens with zero attached hydrogens (tertiary/aromatic N) is 3. The van der Waals surface area contributed by atoms with Crippen molar-refractivity contribution in [2.24, 2.45) is 0 Å². The standard InChI is InChI=1S/C21H32N4O3/c1-16(21(26)23-14-17-6-5-13-27-17)25-12-8-18(15-25)28-19-7-4-9-22-20(19)24-10-2-3-11-24/h4,7,9,16-18H,2-3,5-6,8,10-15H2,1H3,(H,23,26)/t16-,17+,18-/m1/s1. The summed E-state index contributed by atoms with van der Waals surface area (Å²) in [5.74, 6) is 1.91. The molecule has 1 amide bonds. The van der Waals surface area contributed by atoms with Gasteiger partial charge >= 0.3 is 0 Å². The molecule has 0 unspecified atom stereocenters. The molecule has 3 fully saturated rings. The predicted molar refractivity (Wildman–Crippen MR) is 108 cm³/mol. The van der Waals surface area contributed by atoms with Crippen LogP contribution in [0.4, 0.5) is 5.82 Å². The van der Waals surface area contributed by atoms with Gasteiger partial charge in [-0.05, 0) is 51.2 Å². The highest BCUT2D eigenvalue weighted by Crippen LogP contribution is 2.30. The van der Waals surface area contributed by atoms with Crippen molar-refractivity contribution >= 4 is 11.7 Å². The summed E-state index contributed by atoms with van der Waals surface area (Å²) in [4.78, 5) is 21.6. The van der Waals surface area contributed by atoms with Gasteiger partial charge in [0.2, 0.25) is 5.91 Å². The molecule has 0 spiro atoms. The summed E-state index contributed by atoms with van der Waals surface area (Å²) >= 11 is 0. The number of carbonyl (C=O) groups is 1. The molecule has 4 rings (SSSR count). The molecule has 4 heterocycles. The molecule has 3 aliphatic rings. The van der Waals surface area contributed by atoms with Crippen LogP contribution in [0.25, 0.3) is 0 Å². The number of aromatic nitrogens is 1. The van der Waals surface area contributed by atoms with Crippen LogP contribution in [-0.2, 0) is 9.53 Å². The van der Waals surface area contributed by atoms with Gasteiger partial charge in [-0.1, -0.05) is 0 Å². The number of likely N-dealkylation sites (tertiary alicyclic amines) is 1. The second-order valence-corrected chi connectivity index (χ2v) is 8.10. The van der Waals surface area contributed by atoms with Crippen LogP contribution in [0.3, 0.4) is 0 Å². The molecule has 0 aromatic carbocycles. The third-order valence-corrected chi connectivity index (χ3v) is 6.08. The molecule has 1 N–H and O–H groups in total. The van der Waals surface area contributed by atoms with Crippen molar-refractivity contribution in [3.05, 3.63) is 18.3 Å². The van der Waals surface area contributed by atoms with Crippen LogP contribution in [0, 0.1) is 0 Å². The molecular weight excluding hydrogens is 356 g/mol. The number of rotatable bonds is 7. The van der Waals surface area contributed by atoms with Crippen molar-refractivity contribution in [1.29, 1.82) is 0 Å². The van der Waals surface area contributed by atoms with Crippen LogP contribution >= 0.6 is 0 Å². The van der Waals surface area contributed by atoms with E-state index in [0.29, 0.717) is 6.54 Å². The molecule has 7 nitrogen and oxygen atoms in total. The highest BCUT2D eigenvalue weighted by atomic mass is 16.5. The molecule has 0 aliphatic carbocycles. The van der Waals surface area contributed by atoms with Crippen molar-refractivity contribution in [2.45, 2.75) is 57.3 Å². The largest absolute Gasteiger partial charge is 0.485 e.